The number of carbonyl (C=O) groups excluding carboxylic acids is 2. The SMILES string of the molecule is CCOC(=O)[C@H]1Nc2c(ccc(C(=O)[O-])c2C)[C@H]2C=CC[C@H]12. The molecule has 0 bridgehead atoms. The van der Waals surface area contributed by atoms with Crippen molar-refractivity contribution >= 4 is 17.6 Å². The van der Waals surface area contributed by atoms with Crippen LogP contribution in [0.5, 0.6) is 0 Å². The summed E-state index contributed by atoms with van der Waals surface area (Å²) in [5.74, 6) is -1.27. The van der Waals surface area contributed by atoms with Crippen molar-refractivity contribution < 1.29 is 19.4 Å². The van der Waals surface area contributed by atoms with E-state index < -0.39 is 12.0 Å². The summed E-state index contributed by atoms with van der Waals surface area (Å²) in [6, 6.07) is 2.94. The third-order valence-electron chi connectivity index (χ3n) is 4.56. The number of carboxylic acids is 1. The standard InChI is InChI=1S/C17H19NO4/c1-3-22-17(21)15-12-6-4-5-11(12)13-8-7-10(16(19)20)9(2)14(13)18-15/h4-5,7-8,11-12,15,18H,3,6H2,1-2H3,(H,19,20)/p-1/t11-,12-,15-/m0/s1. The molecule has 0 spiro atoms. The second-order valence-electron chi connectivity index (χ2n) is 5.72. The Morgan fingerprint density at radius 3 is 2.86 bits per heavy atom. The van der Waals surface area contributed by atoms with Crippen LogP contribution >= 0.6 is 0 Å². The van der Waals surface area contributed by atoms with Crippen molar-refractivity contribution in [1.29, 1.82) is 0 Å². The molecule has 3 atom stereocenters. The number of carboxylic acid groups (broad SMARTS) is 1. The molecule has 22 heavy (non-hydrogen) atoms. The minimum atomic E-state index is -1.21. The van der Waals surface area contributed by atoms with Gasteiger partial charge in [0.2, 0.25) is 0 Å². The fourth-order valence-corrected chi connectivity index (χ4v) is 3.50. The number of hydrogen-bond acceptors (Lipinski definition) is 5. The quantitative estimate of drug-likeness (QED) is 0.674. The number of aromatic carboxylic acids is 1. The maximum absolute atomic E-state index is 12.2. The van der Waals surface area contributed by atoms with Gasteiger partial charge in [0.25, 0.3) is 0 Å². The molecule has 3 rings (SSSR count). The number of ether oxygens (including phenoxy) is 1. The monoisotopic (exact) mass is 300 g/mol. The van der Waals surface area contributed by atoms with Gasteiger partial charge in [0.15, 0.2) is 0 Å². The van der Waals surface area contributed by atoms with Crippen molar-refractivity contribution in [3.05, 3.63) is 41.0 Å². The van der Waals surface area contributed by atoms with Gasteiger partial charge in [-0.15, -0.1) is 0 Å². The van der Waals surface area contributed by atoms with Gasteiger partial charge >= 0.3 is 5.97 Å². The summed E-state index contributed by atoms with van der Waals surface area (Å²) in [6.45, 7) is 3.84. The number of benzene rings is 1. The van der Waals surface area contributed by atoms with Crippen LogP contribution in [0.4, 0.5) is 5.69 Å². The van der Waals surface area contributed by atoms with Gasteiger partial charge in [0.1, 0.15) is 6.04 Å². The second-order valence-corrected chi connectivity index (χ2v) is 5.72. The molecule has 0 radical (unpaired) electrons. The average Bonchev–Trinajstić information content (AvgIpc) is 2.96. The van der Waals surface area contributed by atoms with Gasteiger partial charge in [-0.05, 0) is 31.4 Å². The van der Waals surface area contributed by atoms with Crippen LogP contribution in [0.15, 0.2) is 24.3 Å². The van der Waals surface area contributed by atoms with E-state index >= 15 is 0 Å². The van der Waals surface area contributed by atoms with Crippen LogP contribution in [0.1, 0.15) is 40.7 Å². The van der Waals surface area contributed by atoms with E-state index in [-0.39, 0.29) is 23.4 Å². The van der Waals surface area contributed by atoms with E-state index in [0.29, 0.717) is 17.9 Å². The van der Waals surface area contributed by atoms with E-state index in [2.05, 4.69) is 17.5 Å². The first kappa shape index (κ1) is 14.6. The molecule has 1 aromatic rings. The molecule has 1 aliphatic heterocycles. The van der Waals surface area contributed by atoms with Gasteiger partial charge in [-0.25, -0.2) is 4.79 Å². The number of rotatable bonds is 3. The summed E-state index contributed by atoms with van der Waals surface area (Å²) < 4.78 is 5.16. The fourth-order valence-electron chi connectivity index (χ4n) is 3.50. The zero-order valence-electron chi connectivity index (χ0n) is 12.6. The van der Waals surface area contributed by atoms with Crippen LogP contribution in [0.3, 0.4) is 0 Å². The number of hydrogen-bond donors (Lipinski definition) is 1. The first-order valence-electron chi connectivity index (χ1n) is 7.49. The van der Waals surface area contributed by atoms with E-state index in [1.807, 2.05) is 6.07 Å². The largest absolute Gasteiger partial charge is 0.545 e. The lowest BCUT2D eigenvalue weighted by Crippen LogP contribution is -2.43. The Balaban J connectivity index is 2.06. The van der Waals surface area contributed by atoms with Gasteiger partial charge in [-0.3, -0.25) is 0 Å². The number of carbonyl (C=O) groups is 2. The Labute approximate surface area is 129 Å². The highest BCUT2D eigenvalue weighted by atomic mass is 16.5. The Kier molecular flexibility index (Phi) is 3.64. The molecule has 1 heterocycles. The van der Waals surface area contributed by atoms with Crippen molar-refractivity contribution in [3.8, 4) is 0 Å². The van der Waals surface area contributed by atoms with Crippen LogP contribution in [-0.2, 0) is 9.53 Å². The Hall–Kier alpha value is -2.30. The number of nitrogens with one attached hydrogen (secondary N) is 1. The van der Waals surface area contributed by atoms with Gasteiger partial charge in [0, 0.05) is 23.1 Å². The molecule has 5 heteroatoms. The van der Waals surface area contributed by atoms with E-state index in [4.69, 9.17) is 4.74 Å². The summed E-state index contributed by atoms with van der Waals surface area (Å²) >= 11 is 0. The second kappa shape index (κ2) is 5.48. The van der Waals surface area contributed by atoms with Gasteiger partial charge in [-0.1, -0.05) is 24.3 Å². The smallest absolute Gasteiger partial charge is 0.328 e. The molecular formula is C17H18NO4-. The van der Waals surface area contributed by atoms with Crippen LogP contribution in [0, 0.1) is 12.8 Å². The van der Waals surface area contributed by atoms with Crippen molar-refractivity contribution in [1.82, 2.24) is 0 Å². The van der Waals surface area contributed by atoms with Gasteiger partial charge in [-0.2, -0.15) is 0 Å². The molecule has 5 nitrogen and oxygen atoms in total. The molecule has 0 fully saturated rings. The first-order chi connectivity index (χ1) is 10.5. The summed E-state index contributed by atoms with van der Waals surface area (Å²) in [7, 11) is 0. The minimum absolute atomic E-state index is 0.111. The topological polar surface area (TPSA) is 78.5 Å². The highest BCUT2D eigenvalue weighted by Crippen LogP contribution is 2.46. The third kappa shape index (κ3) is 2.17. The molecule has 116 valence electrons. The van der Waals surface area contributed by atoms with E-state index in [9.17, 15) is 14.7 Å². The van der Waals surface area contributed by atoms with Gasteiger partial charge < -0.3 is 20.0 Å². The number of allylic oxidation sites excluding steroid dienone is 2. The fraction of sp³-hybridized carbons (Fsp3) is 0.412. The van der Waals surface area contributed by atoms with Crippen LogP contribution in [-0.4, -0.2) is 24.6 Å². The van der Waals surface area contributed by atoms with E-state index in [1.165, 1.54) is 0 Å². The maximum Gasteiger partial charge on any atom is 0.328 e. The molecule has 0 amide bonds. The van der Waals surface area contributed by atoms with Crippen LogP contribution < -0.4 is 10.4 Å². The van der Waals surface area contributed by atoms with Crippen molar-refractivity contribution in [2.24, 2.45) is 5.92 Å². The average molecular weight is 300 g/mol. The van der Waals surface area contributed by atoms with E-state index in [1.54, 1.807) is 19.9 Å². The van der Waals surface area contributed by atoms with Crippen molar-refractivity contribution in [2.45, 2.75) is 32.2 Å². The molecule has 0 aromatic heterocycles. The predicted octanol–water partition coefficient (Wildman–Crippen LogP) is 1.38. The molecule has 1 aliphatic carbocycles. The highest BCUT2D eigenvalue weighted by Gasteiger charge is 2.42. The lowest BCUT2D eigenvalue weighted by molar-refractivity contribution is -0.255. The summed E-state index contributed by atoms with van der Waals surface area (Å²) in [4.78, 5) is 23.4. The Morgan fingerprint density at radius 2 is 2.18 bits per heavy atom. The molecule has 0 saturated carbocycles. The zero-order valence-corrected chi connectivity index (χ0v) is 12.6. The molecule has 1 N–H and O–H groups in total. The molecule has 2 aliphatic rings. The molecule has 1 aromatic carbocycles. The summed E-state index contributed by atoms with van der Waals surface area (Å²) in [6.07, 6.45) is 4.97. The lowest BCUT2D eigenvalue weighted by Gasteiger charge is -2.37. The number of fused-ring (bicyclic) bond motifs is 3. The van der Waals surface area contributed by atoms with Crippen LogP contribution in [0.25, 0.3) is 0 Å². The molecule has 0 unspecified atom stereocenters. The number of esters is 1. The molecular weight excluding hydrogens is 282 g/mol. The van der Waals surface area contributed by atoms with E-state index in [0.717, 1.165) is 12.0 Å². The first-order valence-corrected chi connectivity index (χ1v) is 7.49. The lowest BCUT2D eigenvalue weighted by atomic mass is 9.78. The van der Waals surface area contributed by atoms with Crippen molar-refractivity contribution in [2.75, 3.05) is 11.9 Å². The maximum atomic E-state index is 12.2. The predicted molar refractivity (Wildman–Crippen MR) is 79.5 cm³/mol. The Bertz CT molecular complexity index is 665. The van der Waals surface area contributed by atoms with Crippen molar-refractivity contribution in [3.63, 3.8) is 0 Å². The van der Waals surface area contributed by atoms with Crippen LogP contribution in [0.2, 0.25) is 0 Å². The molecule has 0 saturated heterocycles. The summed E-state index contributed by atoms with van der Waals surface area (Å²) in [5.41, 5.74) is 2.49. The Morgan fingerprint density at radius 1 is 1.41 bits per heavy atom. The zero-order chi connectivity index (χ0) is 15.9. The highest BCUT2D eigenvalue weighted by molar-refractivity contribution is 5.92. The summed E-state index contributed by atoms with van der Waals surface area (Å²) in [5, 5.41) is 14.4. The number of anilines is 1. The normalized spacial score (nSPS) is 25.1. The van der Waals surface area contributed by atoms with Gasteiger partial charge in [0.05, 0.1) is 12.6 Å². The third-order valence-corrected chi connectivity index (χ3v) is 4.56. The minimum Gasteiger partial charge on any atom is -0.545 e.